The van der Waals surface area contributed by atoms with E-state index in [9.17, 15) is 14.4 Å². The predicted octanol–water partition coefficient (Wildman–Crippen LogP) is 1.27. The molecule has 1 atom stereocenters. The van der Waals surface area contributed by atoms with E-state index < -0.39 is 6.04 Å². The van der Waals surface area contributed by atoms with Crippen molar-refractivity contribution in [1.29, 1.82) is 0 Å². The van der Waals surface area contributed by atoms with Crippen molar-refractivity contribution in [3.63, 3.8) is 0 Å². The molecule has 1 aliphatic carbocycles. The van der Waals surface area contributed by atoms with E-state index in [0.717, 1.165) is 0 Å². The zero-order valence-corrected chi connectivity index (χ0v) is 12.6. The molecule has 0 spiro atoms. The number of carbonyl (C=O) groups is 3. The Kier molecular flexibility index (Phi) is 5.41. The van der Waals surface area contributed by atoms with Crippen LogP contribution in [0.25, 0.3) is 0 Å². The maximum Gasteiger partial charge on any atom is 0.236 e. The van der Waals surface area contributed by atoms with E-state index in [0.29, 0.717) is 22.3 Å². The molecule has 1 aromatic rings. The van der Waals surface area contributed by atoms with Crippen molar-refractivity contribution in [1.82, 2.24) is 5.32 Å². The third-order valence-electron chi connectivity index (χ3n) is 3.34. The van der Waals surface area contributed by atoms with Gasteiger partial charge < -0.3 is 11.1 Å². The van der Waals surface area contributed by atoms with Gasteiger partial charge in [-0.2, -0.15) is 0 Å². The lowest BCUT2D eigenvalue weighted by atomic mass is 9.84. The molecule has 0 saturated carbocycles. The number of benzene rings is 1. The highest BCUT2D eigenvalue weighted by Gasteiger charge is 2.29. The van der Waals surface area contributed by atoms with Crippen molar-refractivity contribution >= 4 is 29.9 Å². The number of carbonyl (C=O) groups excluding carboxylic acids is 3. The number of hydrogen-bond donors (Lipinski definition) is 2. The van der Waals surface area contributed by atoms with Gasteiger partial charge in [0.2, 0.25) is 5.91 Å². The van der Waals surface area contributed by atoms with Crippen LogP contribution in [0.4, 0.5) is 0 Å². The molecule has 3 N–H and O–H groups in total. The standard InChI is InChI=1S/C15H16N2O3.ClH/c1-8-12(7-17-15(20)9(2)16)14(19)11-6-4-3-5-10(11)13(8)18;/h3-6,9H,7,16H2,1-2H3,(H,17,20);1H/t9-;/m0./s1. The fraction of sp³-hybridized carbons (Fsp3) is 0.267. The number of amides is 1. The van der Waals surface area contributed by atoms with Crippen LogP contribution in [0.1, 0.15) is 34.6 Å². The maximum atomic E-state index is 12.4. The summed E-state index contributed by atoms with van der Waals surface area (Å²) in [4.78, 5) is 36.0. The van der Waals surface area contributed by atoms with Gasteiger partial charge in [0.15, 0.2) is 11.6 Å². The average molecular weight is 309 g/mol. The van der Waals surface area contributed by atoms with E-state index in [2.05, 4.69) is 5.32 Å². The summed E-state index contributed by atoms with van der Waals surface area (Å²) >= 11 is 0. The van der Waals surface area contributed by atoms with Gasteiger partial charge in [0.1, 0.15) is 0 Å². The number of allylic oxidation sites excluding steroid dienone is 1. The Morgan fingerprint density at radius 1 is 1.19 bits per heavy atom. The molecular weight excluding hydrogens is 292 g/mol. The molecule has 112 valence electrons. The Balaban J connectivity index is 0.00000220. The van der Waals surface area contributed by atoms with Crippen LogP contribution < -0.4 is 11.1 Å². The van der Waals surface area contributed by atoms with Gasteiger partial charge in [-0.1, -0.05) is 24.3 Å². The smallest absolute Gasteiger partial charge is 0.236 e. The number of nitrogens with two attached hydrogens (primary N) is 1. The lowest BCUT2D eigenvalue weighted by Gasteiger charge is -2.19. The Bertz CT molecular complexity index is 636. The van der Waals surface area contributed by atoms with E-state index in [4.69, 9.17) is 5.73 Å². The molecular formula is C15H17ClN2O3. The Hall–Kier alpha value is -1.98. The summed E-state index contributed by atoms with van der Waals surface area (Å²) in [5, 5.41) is 2.57. The minimum atomic E-state index is -0.655. The van der Waals surface area contributed by atoms with Crippen molar-refractivity contribution < 1.29 is 14.4 Å². The van der Waals surface area contributed by atoms with E-state index in [-0.39, 0.29) is 36.4 Å². The van der Waals surface area contributed by atoms with Crippen LogP contribution in [0.2, 0.25) is 0 Å². The van der Waals surface area contributed by atoms with Crippen molar-refractivity contribution in [2.75, 3.05) is 6.54 Å². The van der Waals surface area contributed by atoms with E-state index in [1.54, 1.807) is 38.1 Å². The summed E-state index contributed by atoms with van der Waals surface area (Å²) in [7, 11) is 0. The molecule has 5 nitrogen and oxygen atoms in total. The molecule has 1 aliphatic rings. The summed E-state index contributed by atoms with van der Waals surface area (Å²) < 4.78 is 0. The second-order valence-corrected chi connectivity index (χ2v) is 4.81. The molecule has 0 aliphatic heterocycles. The van der Waals surface area contributed by atoms with Gasteiger partial charge in [-0.3, -0.25) is 14.4 Å². The summed E-state index contributed by atoms with van der Waals surface area (Å²) in [6, 6.07) is 6.03. The van der Waals surface area contributed by atoms with E-state index >= 15 is 0 Å². The highest BCUT2D eigenvalue weighted by atomic mass is 35.5. The third-order valence-corrected chi connectivity index (χ3v) is 3.34. The molecule has 0 fully saturated rings. The van der Waals surface area contributed by atoms with Crippen LogP contribution in [-0.4, -0.2) is 30.1 Å². The quantitative estimate of drug-likeness (QED) is 0.880. The number of halogens is 1. The molecule has 1 amide bonds. The van der Waals surface area contributed by atoms with Crippen LogP contribution in [-0.2, 0) is 4.79 Å². The third kappa shape index (κ3) is 3.20. The first-order valence-electron chi connectivity index (χ1n) is 6.35. The van der Waals surface area contributed by atoms with Gasteiger partial charge in [0, 0.05) is 28.8 Å². The molecule has 0 aromatic heterocycles. The molecule has 21 heavy (non-hydrogen) atoms. The summed E-state index contributed by atoms with van der Waals surface area (Å²) in [5.74, 6) is -0.752. The van der Waals surface area contributed by atoms with Crippen LogP contribution >= 0.6 is 12.4 Å². The summed E-state index contributed by atoms with van der Waals surface area (Å²) in [6.45, 7) is 3.17. The van der Waals surface area contributed by atoms with Gasteiger partial charge in [0.25, 0.3) is 0 Å². The molecule has 0 saturated heterocycles. The normalized spacial score (nSPS) is 15.2. The first-order chi connectivity index (χ1) is 9.43. The van der Waals surface area contributed by atoms with Crippen molar-refractivity contribution in [3.05, 3.63) is 46.5 Å². The van der Waals surface area contributed by atoms with E-state index in [1.807, 2.05) is 0 Å². The van der Waals surface area contributed by atoms with Crippen LogP contribution in [0.3, 0.4) is 0 Å². The largest absolute Gasteiger partial charge is 0.351 e. The number of rotatable bonds is 3. The fourth-order valence-electron chi connectivity index (χ4n) is 2.10. The number of fused-ring (bicyclic) bond motifs is 1. The molecule has 1 aromatic carbocycles. The number of Topliss-reactive ketones (excluding diaryl/α,β-unsaturated/α-hetero) is 2. The SMILES string of the molecule is CC1=C(CNC(=O)[C@H](C)N)C(=O)c2ccccc2C1=O.Cl. The fourth-order valence-corrected chi connectivity index (χ4v) is 2.10. The minimum Gasteiger partial charge on any atom is -0.351 e. The van der Waals surface area contributed by atoms with Crippen molar-refractivity contribution in [2.24, 2.45) is 5.73 Å². The lowest BCUT2D eigenvalue weighted by Crippen LogP contribution is -2.40. The average Bonchev–Trinajstić information content (AvgIpc) is 2.44. The lowest BCUT2D eigenvalue weighted by molar-refractivity contribution is -0.121. The minimum absolute atomic E-state index is 0. The van der Waals surface area contributed by atoms with Gasteiger partial charge in [-0.05, 0) is 13.8 Å². The van der Waals surface area contributed by atoms with Crippen LogP contribution in [0, 0.1) is 0 Å². The zero-order chi connectivity index (χ0) is 14.9. The molecule has 6 heteroatoms. The molecule has 2 rings (SSSR count). The number of hydrogen-bond acceptors (Lipinski definition) is 4. The molecule has 0 unspecified atom stereocenters. The first kappa shape index (κ1) is 17.1. The Morgan fingerprint density at radius 2 is 1.71 bits per heavy atom. The zero-order valence-electron chi connectivity index (χ0n) is 11.8. The van der Waals surface area contributed by atoms with Gasteiger partial charge in [-0.25, -0.2) is 0 Å². The number of nitrogens with one attached hydrogen (secondary N) is 1. The van der Waals surface area contributed by atoms with E-state index in [1.165, 1.54) is 0 Å². The molecule has 0 radical (unpaired) electrons. The van der Waals surface area contributed by atoms with Gasteiger partial charge >= 0.3 is 0 Å². The summed E-state index contributed by atoms with van der Waals surface area (Å²) in [6.07, 6.45) is 0. The van der Waals surface area contributed by atoms with Gasteiger partial charge in [-0.15, -0.1) is 12.4 Å². The highest BCUT2D eigenvalue weighted by Crippen LogP contribution is 2.25. The highest BCUT2D eigenvalue weighted by molar-refractivity contribution is 6.26. The predicted molar refractivity (Wildman–Crippen MR) is 81.7 cm³/mol. The van der Waals surface area contributed by atoms with Crippen molar-refractivity contribution in [3.8, 4) is 0 Å². The number of ketones is 2. The van der Waals surface area contributed by atoms with Crippen LogP contribution in [0.5, 0.6) is 0 Å². The molecule has 0 bridgehead atoms. The topological polar surface area (TPSA) is 89.3 Å². The summed E-state index contributed by atoms with van der Waals surface area (Å²) in [5.41, 5.74) is 6.94. The maximum absolute atomic E-state index is 12.4. The van der Waals surface area contributed by atoms with Crippen LogP contribution in [0.15, 0.2) is 35.4 Å². The molecule has 0 heterocycles. The Labute approximate surface area is 129 Å². The van der Waals surface area contributed by atoms with Gasteiger partial charge in [0.05, 0.1) is 6.04 Å². The van der Waals surface area contributed by atoms with Crippen molar-refractivity contribution in [2.45, 2.75) is 19.9 Å². The first-order valence-corrected chi connectivity index (χ1v) is 6.35. The second-order valence-electron chi connectivity index (χ2n) is 4.81. The Morgan fingerprint density at radius 3 is 2.24 bits per heavy atom. The monoisotopic (exact) mass is 308 g/mol. The second kappa shape index (κ2) is 6.65.